The topological polar surface area (TPSA) is 42.0 Å². The van der Waals surface area contributed by atoms with Gasteiger partial charge >= 0.3 is 0 Å². The SMILES string of the molecule is CC(C)CC(=O)NCCc1ncc(Cc2ccccc2)s1. The third-order valence-corrected chi connectivity index (χ3v) is 4.13. The molecule has 1 aromatic carbocycles. The van der Waals surface area contributed by atoms with Crippen LogP contribution in [0.1, 0.15) is 35.7 Å². The maximum Gasteiger partial charge on any atom is 0.220 e. The zero-order valence-electron chi connectivity index (χ0n) is 12.6. The number of rotatable bonds is 7. The van der Waals surface area contributed by atoms with Gasteiger partial charge in [0.15, 0.2) is 0 Å². The Labute approximate surface area is 130 Å². The van der Waals surface area contributed by atoms with E-state index >= 15 is 0 Å². The van der Waals surface area contributed by atoms with E-state index in [1.54, 1.807) is 11.3 Å². The van der Waals surface area contributed by atoms with Crippen LogP contribution in [-0.2, 0) is 17.6 Å². The van der Waals surface area contributed by atoms with Crippen LogP contribution in [0.2, 0.25) is 0 Å². The molecule has 0 bridgehead atoms. The Hall–Kier alpha value is -1.68. The van der Waals surface area contributed by atoms with E-state index in [1.165, 1.54) is 10.4 Å². The van der Waals surface area contributed by atoms with Gasteiger partial charge in [-0.2, -0.15) is 0 Å². The molecule has 112 valence electrons. The minimum absolute atomic E-state index is 0.131. The van der Waals surface area contributed by atoms with Crippen molar-refractivity contribution in [3.8, 4) is 0 Å². The van der Waals surface area contributed by atoms with Crippen LogP contribution in [0.5, 0.6) is 0 Å². The van der Waals surface area contributed by atoms with Crippen LogP contribution in [0.15, 0.2) is 36.5 Å². The van der Waals surface area contributed by atoms with Crippen molar-refractivity contribution in [3.05, 3.63) is 52.0 Å². The maximum absolute atomic E-state index is 11.6. The Morgan fingerprint density at radius 2 is 2.05 bits per heavy atom. The van der Waals surface area contributed by atoms with E-state index in [-0.39, 0.29) is 5.91 Å². The van der Waals surface area contributed by atoms with Crippen molar-refractivity contribution in [1.29, 1.82) is 0 Å². The van der Waals surface area contributed by atoms with Gasteiger partial charge in [-0.15, -0.1) is 11.3 Å². The smallest absolute Gasteiger partial charge is 0.220 e. The van der Waals surface area contributed by atoms with Gasteiger partial charge in [0.1, 0.15) is 0 Å². The fraction of sp³-hybridized carbons (Fsp3) is 0.412. The molecule has 2 rings (SSSR count). The van der Waals surface area contributed by atoms with Gasteiger partial charge in [0, 0.05) is 36.9 Å². The number of aromatic nitrogens is 1. The molecule has 0 saturated heterocycles. The molecule has 3 nitrogen and oxygen atoms in total. The van der Waals surface area contributed by atoms with Crippen LogP contribution in [-0.4, -0.2) is 17.4 Å². The molecule has 0 aliphatic carbocycles. The van der Waals surface area contributed by atoms with Crippen LogP contribution in [0.4, 0.5) is 0 Å². The number of carbonyl (C=O) groups excluding carboxylic acids is 1. The van der Waals surface area contributed by atoms with E-state index in [9.17, 15) is 4.79 Å². The molecule has 1 N–H and O–H groups in total. The van der Waals surface area contributed by atoms with Crippen molar-refractivity contribution >= 4 is 17.2 Å². The average molecular weight is 302 g/mol. The Kier molecular flexibility index (Phi) is 5.93. The fourth-order valence-electron chi connectivity index (χ4n) is 2.09. The van der Waals surface area contributed by atoms with Crippen LogP contribution in [0.3, 0.4) is 0 Å². The van der Waals surface area contributed by atoms with Crippen LogP contribution in [0.25, 0.3) is 0 Å². The number of thiazole rings is 1. The molecular formula is C17H22N2OS. The summed E-state index contributed by atoms with van der Waals surface area (Å²) in [6.07, 6.45) is 4.28. The minimum Gasteiger partial charge on any atom is -0.356 e. The molecule has 0 unspecified atom stereocenters. The molecule has 2 aromatic rings. The first kappa shape index (κ1) is 15.7. The highest BCUT2D eigenvalue weighted by Crippen LogP contribution is 2.17. The number of carbonyl (C=O) groups is 1. The predicted molar refractivity (Wildman–Crippen MR) is 87.5 cm³/mol. The second-order valence-corrected chi connectivity index (χ2v) is 6.78. The number of benzene rings is 1. The lowest BCUT2D eigenvalue weighted by Crippen LogP contribution is -2.26. The van der Waals surface area contributed by atoms with Gasteiger partial charge in [0.05, 0.1) is 5.01 Å². The fourth-order valence-corrected chi connectivity index (χ4v) is 3.05. The Bertz CT molecular complexity index is 563. The number of hydrogen-bond acceptors (Lipinski definition) is 3. The molecule has 21 heavy (non-hydrogen) atoms. The first-order chi connectivity index (χ1) is 10.1. The second kappa shape index (κ2) is 7.93. The lowest BCUT2D eigenvalue weighted by Gasteiger charge is -2.05. The van der Waals surface area contributed by atoms with Crippen LogP contribution in [0, 0.1) is 5.92 Å². The third-order valence-electron chi connectivity index (χ3n) is 3.08. The Morgan fingerprint density at radius 3 is 2.76 bits per heavy atom. The third kappa shape index (κ3) is 5.68. The van der Waals surface area contributed by atoms with Crippen molar-refractivity contribution in [3.63, 3.8) is 0 Å². The van der Waals surface area contributed by atoms with E-state index in [0.29, 0.717) is 18.9 Å². The van der Waals surface area contributed by atoms with E-state index < -0.39 is 0 Å². The summed E-state index contributed by atoms with van der Waals surface area (Å²) in [7, 11) is 0. The summed E-state index contributed by atoms with van der Waals surface area (Å²) in [6.45, 7) is 4.77. The zero-order chi connectivity index (χ0) is 15.1. The van der Waals surface area contributed by atoms with Gasteiger partial charge in [0.2, 0.25) is 5.91 Å². The molecule has 0 atom stereocenters. The van der Waals surface area contributed by atoms with E-state index in [0.717, 1.165) is 17.8 Å². The summed E-state index contributed by atoms with van der Waals surface area (Å²) in [4.78, 5) is 17.3. The second-order valence-electron chi connectivity index (χ2n) is 5.58. The molecular weight excluding hydrogens is 280 g/mol. The highest BCUT2D eigenvalue weighted by Gasteiger charge is 2.06. The lowest BCUT2D eigenvalue weighted by molar-refractivity contribution is -0.121. The molecule has 1 amide bonds. The summed E-state index contributed by atoms with van der Waals surface area (Å²) in [6, 6.07) is 10.4. The summed E-state index contributed by atoms with van der Waals surface area (Å²) >= 11 is 1.73. The van der Waals surface area contributed by atoms with Gasteiger partial charge < -0.3 is 5.32 Å². The number of nitrogens with zero attached hydrogens (tertiary/aromatic N) is 1. The summed E-state index contributed by atoms with van der Waals surface area (Å²) in [5, 5.41) is 4.04. The van der Waals surface area contributed by atoms with Crippen molar-refractivity contribution in [1.82, 2.24) is 10.3 Å². The molecule has 1 aromatic heterocycles. The largest absolute Gasteiger partial charge is 0.356 e. The van der Waals surface area contributed by atoms with E-state index in [2.05, 4.69) is 48.4 Å². The van der Waals surface area contributed by atoms with Gasteiger partial charge in [-0.05, 0) is 11.5 Å². The molecule has 4 heteroatoms. The van der Waals surface area contributed by atoms with Gasteiger partial charge in [0.25, 0.3) is 0 Å². The molecule has 1 heterocycles. The molecule has 0 aliphatic rings. The quantitative estimate of drug-likeness (QED) is 0.851. The van der Waals surface area contributed by atoms with Gasteiger partial charge in [-0.3, -0.25) is 4.79 Å². The number of amides is 1. The van der Waals surface area contributed by atoms with E-state index in [1.807, 2.05) is 12.3 Å². The molecule has 0 saturated carbocycles. The predicted octanol–water partition coefficient (Wildman–Crippen LogP) is 3.44. The summed E-state index contributed by atoms with van der Waals surface area (Å²) < 4.78 is 0. The molecule has 0 radical (unpaired) electrons. The molecule has 0 spiro atoms. The summed E-state index contributed by atoms with van der Waals surface area (Å²) in [5.74, 6) is 0.536. The first-order valence-electron chi connectivity index (χ1n) is 7.37. The number of nitrogens with one attached hydrogen (secondary N) is 1. The summed E-state index contributed by atoms with van der Waals surface area (Å²) in [5.41, 5.74) is 1.30. The Balaban J connectivity index is 1.77. The maximum atomic E-state index is 11.6. The standard InChI is InChI=1S/C17H22N2OS/c1-13(2)10-16(20)18-9-8-17-19-12-15(21-17)11-14-6-4-3-5-7-14/h3-7,12-13H,8-11H2,1-2H3,(H,18,20). The van der Waals surface area contributed by atoms with Crippen LogP contribution >= 0.6 is 11.3 Å². The molecule has 0 aliphatic heterocycles. The number of hydrogen-bond donors (Lipinski definition) is 1. The minimum atomic E-state index is 0.131. The van der Waals surface area contributed by atoms with Gasteiger partial charge in [-0.25, -0.2) is 4.98 Å². The van der Waals surface area contributed by atoms with Crippen molar-refractivity contribution in [2.45, 2.75) is 33.1 Å². The highest BCUT2D eigenvalue weighted by molar-refractivity contribution is 7.11. The van der Waals surface area contributed by atoms with Gasteiger partial charge in [-0.1, -0.05) is 44.2 Å². The monoisotopic (exact) mass is 302 g/mol. The molecule has 0 fully saturated rings. The van der Waals surface area contributed by atoms with Crippen LogP contribution < -0.4 is 5.32 Å². The Morgan fingerprint density at radius 1 is 1.29 bits per heavy atom. The van der Waals surface area contributed by atoms with Crippen molar-refractivity contribution in [2.75, 3.05) is 6.54 Å². The zero-order valence-corrected chi connectivity index (χ0v) is 13.5. The lowest BCUT2D eigenvalue weighted by atomic mass is 10.1. The highest BCUT2D eigenvalue weighted by atomic mass is 32.1. The van der Waals surface area contributed by atoms with Crippen molar-refractivity contribution in [2.24, 2.45) is 5.92 Å². The average Bonchev–Trinajstić information content (AvgIpc) is 2.86. The van der Waals surface area contributed by atoms with E-state index in [4.69, 9.17) is 0 Å². The normalized spacial score (nSPS) is 10.8. The first-order valence-corrected chi connectivity index (χ1v) is 8.19. The van der Waals surface area contributed by atoms with Crippen molar-refractivity contribution < 1.29 is 4.79 Å².